The molecule has 1 unspecified atom stereocenters. The fraction of sp³-hybridized carbons (Fsp3) is 0.533. The minimum atomic E-state index is -0.708. The second-order valence-electron chi connectivity index (χ2n) is 5.19. The van der Waals surface area contributed by atoms with Crippen molar-refractivity contribution in [3.8, 4) is 0 Å². The van der Waals surface area contributed by atoms with E-state index in [0.717, 1.165) is 50.8 Å². The minimum Gasteiger partial charge on any atom is -0.480 e. The van der Waals surface area contributed by atoms with E-state index in [2.05, 4.69) is 4.90 Å². The predicted molar refractivity (Wildman–Crippen MR) is 81.6 cm³/mol. The summed E-state index contributed by atoms with van der Waals surface area (Å²) >= 11 is 12.3. The molecule has 0 radical (unpaired) electrons. The lowest BCUT2D eigenvalue weighted by Gasteiger charge is -2.32. The van der Waals surface area contributed by atoms with Gasteiger partial charge in [0.25, 0.3) is 0 Å². The smallest absolute Gasteiger partial charge is 0.320 e. The number of carboxylic acids is 1. The number of aliphatic carboxylic acids is 1. The molecule has 1 saturated heterocycles. The van der Waals surface area contributed by atoms with Crippen LogP contribution in [0.1, 0.15) is 31.2 Å². The van der Waals surface area contributed by atoms with Crippen LogP contribution in [0.2, 0.25) is 10.0 Å². The number of benzene rings is 1. The molecule has 0 aromatic heterocycles. The number of likely N-dealkylation sites (tertiary alicyclic amines) is 1. The normalized spacial score (nSPS) is 20.0. The zero-order valence-electron chi connectivity index (χ0n) is 11.3. The van der Waals surface area contributed by atoms with Gasteiger partial charge in [0.2, 0.25) is 0 Å². The van der Waals surface area contributed by atoms with Crippen molar-refractivity contribution in [2.75, 3.05) is 13.1 Å². The van der Waals surface area contributed by atoms with Crippen LogP contribution < -0.4 is 0 Å². The summed E-state index contributed by atoms with van der Waals surface area (Å²) in [5.41, 5.74) is 0.958. The number of rotatable bonds is 5. The molecule has 1 aliphatic heterocycles. The van der Waals surface area contributed by atoms with Crippen molar-refractivity contribution in [1.29, 1.82) is 0 Å². The third-order valence-electron chi connectivity index (χ3n) is 3.83. The molecule has 5 heteroatoms. The van der Waals surface area contributed by atoms with Gasteiger partial charge in [0.05, 0.1) is 0 Å². The van der Waals surface area contributed by atoms with Crippen LogP contribution in [0, 0.1) is 0 Å². The Hall–Kier alpha value is -0.770. The van der Waals surface area contributed by atoms with Crippen molar-refractivity contribution in [3.05, 3.63) is 33.8 Å². The van der Waals surface area contributed by atoms with Gasteiger partial charge in [-0.3, -0.25) is 9.69 Å². The first kappa shape index (κ1) is 15.6. The van der Waals surface area contributed by atoms with Gasteiger partial charge in [-0.05, 0) is 56.5 Å². The molecule has 1 fully saturated rings. The first-order valence-electron chi connectivity index (χ1n) is 6.99. The van der Waals surface area contributed by atoms with Crippen LogP contribution in [0.3, 0.4) is 0 Å². The monoisotopic (exact) mass is 315 g/mol. The maximum absolute atomic E-state index is 11.2. The van der Waals surface area contributed by atoms with E-state index >= 15 is 0 Å². The minimum absolute atomic E-state index is 0.328. The van der Waals surface area contributed by atoms with Gasteiger partial charge in [-0.1, -0.05) is 35.7 Å². The zero-order valence-corrected chi connectivity index (χ0v) is 12.8. The maximum Gasteiger partial charge on any atom is 0.320 e. The largest absolute Gasteiger partial charge is 0.480 e. The number of hydrogen-bond donors (Lipinski definition) is 1. The molecule has 1 atom stereocenters. The molecule has 0 aliphatic carbocycles. The van der Waals surface area contributed by atoms with Gasteiger partial charge >= 0.3 is 5.97 Å². The van der Waals surface area contributed by atoms with Crippen LogP contribution in [0.15, 0.2) is 18.2 Å². The van der Waals surface area contributed by atoms with Gasteiger partial charge in [0, 0.05) is 10.0 Å². The molecule has 20 heavy (non-hydrogen) atoms. The summed E-state index contributed by atoms with van der Waals surface area (Å²) in [6.07, 6.45) is 4.48. The lowest BCUT2D eigenvalue weighted by molar-refractivity contribution is -0.144. The Kier molecular flexibility index (Phi) is 5.70. The van der Waals surface area contributed by atoms with E-state index < -0.39 is 5.97 Å². The average molecular weight is 316 g/mol. The topological polar surface area (TPSA) is 40.5 Å². The van der Waals surface area contributed by atoms with Gasteiger partial charge in [-0.25, -0.2) is 0 Å². The van der Waals surface area contributed by atoms with Crippen molar-refractivity contribution in [3.63, 3.8) is 0 Å². The Bertz CT molecular complexity index is 459. The van der Waals surface area contributed by atoms with Crippen LogP contribution in [-0.2, 0) is 11.2 Å². The fourth-order valence-electron chi connectivity index (χ4n) is 2.77. The Morgan fingerprint density at radius 3 is 2.65 bits per heavy atom. The van der Waals surface area contributed by atoms with Crippen molar-refractivity contribution >= 4 is 29.2 Å². The fourth-order valence-corrected chi connectivity index (χ4v) is 3.35. The number of carboxylic acid groups (broad SMARTS) is 1. The van der Waals surface area contributed by atoms with E-state index in [9.17, 15) is 9.90 Å². The molecule has 1 aromatic carbocycles. The van der Waals surface area contributed by atoms with E-state index in [1.54, 1.807) is 0 Å². The summed E-state index contributed by atoms with van der Waals surface area (Å²) in [6, 6.07) is 5.18. The SMILES string of the molecule is O=C(O)C1CCCCN1CCCc1c(Cl)cccc1Cl. The molecule has 1 N–H and O–H groups in total. The molecule has 3 nitrogen and oxygen atoms in total. The van der Waals surface area contributed by atoms with Crippen molar-refractivity contribution < 1.29 is 9.90 Å². The Labute approximate surface area is 129 Å². The molecule has 1 aliphatic rings. The average Bonchev–Trinajstić information content (AvgIpc) is 2.42. The molecule has 0 spiro atoms. The molecule has 1 aromatic rings. The van der Waals surface area contributed by atoms with Gasteiger partial charge < -0.3 is 5.11 Å². The number of nitrogens with zero attached hydrogens (tertiary/aromatic N) is 1. The van der Waals surface area contributed by atoms with Crippen LogP contribution in [0.25, 0.3) is 0 Å². The van der Waals surface area contributed by atoms with E-state index in [-0.39, 0.29) is 6.04 Å². The van der Waals surface area contributed by atoms with Crippen LogP contribution in [-0.4, -0.2) is 35.1 Å². The third-order valence-corrected chi connectivity index (χ3v) is 4.54. The van der Waals surface area contributed by atoms with E-state index in [1.165, 1.54) is 0 Å². The highest BCUT2D eigenvalue weighted by molar-refractivity contribution is 6.35. The standard InChI is InChI=1S/C15H19Cl2NO2/c16-12-6-3-7-13(17)11(12)5-4-10-18-9-2-1-8-14(18)15(19)20/h3,6-7,14H,1-2,4-5,8-10H2,(H,19,20). The van der Waals surface area contributed by atoms with Crippen LogP contribution in [0.4, 0.5) is 0 Å². The van der Waals surface area contributed by atoms with Gasteiger partial charge in [0.15, 0.2) is 0 Å². The lowest BCUT2D eigenvalue weighted by Crippen LogP contribution is -2.45. The summed E-state index contributed by atoms with van der Waals surface area (Å²) in [6.45, 7) is 1.64. The predicted octanol–water partition coefficient (Wildman–Crippen LogP) is 3.87. The lowest BCUT2D eigenvalue weighted by atomic mass is 10.0. The molecule has 1 heterocycles. The summed E-state index contributed by atoms with van der Waals surface area (Å²) < 4.78 is 0. The van der Waals surface area contributed by atoms with Crippen LogP contribution in [0.5, 0.6) is 0 Å². The zero-order chi connectivity index (χ0) is 14.5. The second kappa shape index (κ2) is 7.30. The molecule has 0 bridgehead atoms. The highest BCUT2D eigenvalue weighted by atomic mass is 35.5. The Balaban J connectivity index is 1.90. The van der Waals surface area contributed by atoms with E-state index in [1.807, 2.05) is 18.2 Å². The van der Waals surface area contributed by atoms with Crippen LogP contribution >= 0.6 is 23.2 Å². The number of hydrogen-bond acceptors (Lipinski definition) is 2. The molecule has 0 saturated carbocycles. The Morgan fingerprint density at radius 1 is 1.30 bits per heavy atom. The molecule has 2 rings (SSSR count). The summed E-state index contributed by atoms with van der Waals surface area (Å²) in [5, 5.41) is 10.6. The van der Waals surface area contributed by atoms with Crippen molar-refractivity contribution in [1.82, 2.24) is 4.90 Å². The van der Waals surface area contributed by atoms with Gasteiger partial charge in [-0.15, -0.1) is 0 Å². The third kappa shape index (κ3) is 3.87. The maximum atomic E-state index is 11.2. The highest BCUT2D eigenvalue weighted by Crippen LogP contribution is 2.26. The Morgan fingerprint density at radius 2 is 2.00 bits per heavy atom. The van der Waals surface area contributed by atoms with Crippen molar-refractivity contribution in [2.45, 2.75) is 38.1 Å². The molecular weight excluding hydrogens is 297 g/mol. The number of halogens is 2. The number of carbonyl (C=O) groups is 1. The quantitative estimate of drug-likeness (QED) is 0.896. The number of piperidine rings is 1. The summed E-state index contributed by atoms with van der Waals surface area (Å²) in [7, 11) is 0. The van der Waals surface area contributed by atoms with Gasteiger partial charge in [-0.2, -0.15) is 0 Å². The molecule has 110 valence electrons. The first-order chi connectivity index (χ1) is 9.59. The molecule has 0 amide bonds. The van der Waals surface area contributed by atoms with E-state index in [4.69, 9.17) is 23.2 Å². The summed E-state index contributed by atoms with van der Waals surface area (Å²) in [5.74, 6) is -0.708. The first-order valence-corrected chi connectivity index (χ1v) is 7.75. The summed E-state index contributed by atoms with van der Waals surface area (Å²) in [4.78, 5) is 13.3. The van der Waals surface area contributed by atoms with E-state index in [0.29, 0.717) is 10.0 Å². The second-order valence-corrected chi connectivity index (χ2v) is 6.00. The molecular formula is C15H19Cl2NO2. The van der Waals surface area contributed by atoms with Crippen molar-refractivity contribution in [2.24, 2.45) is 0 Å². The van der Waals surface area contributed by atoms with Gasteiger partial charge in [0.1, 0.15) is 6.04 Å². The highest BCUT2D eigenvalue weighted by Gasteiger charge is 2.27.